The average molecular weight is 386 g/mol. The zero-order chi connectivity index (χ0) is 17.1. The molecule has 3 N–H and O–H groups in total. The zero-order valence-corrected chi connectivity index (χ0v) is 14.8. The summed E-state index contributed by atoms with van der Waals surface area (Å²) in [7, 11) is 1.55. The first-order chi connectivity index (χ1) is 11.6. The lowest BCUT2D eigenvalue weighted by atomic mass is 10.1. The molecule has 1 aromatic heterocycles. The first kappa shape index (κ1) is 16.2. The second-order valence-corrected chi connectivity index (χ2v) is 5.97. The smallest absolute Gasteiger partial charge is 0.256 e. The van der Waals surface area contributed by atoms with E-state index < -0.39 is 0 Å². The summed E-state index contributed by atoms with van der Waals surface area (Å²) in [5.41, 5.74) is 7.62. The van der Waals surface area contributed by atoms with Gasteiger partial charge < -0.3 is 15.8 Å². The molecule has 24 heavy (non-hydrogen) atoms. The fraction of sp³-hybridized carbons (Fsp3) is 0.118. The van der Waals surface area contributed by atoms with Crippen LogP contribution in [0.5, 0.6) is 5.88 Å². The molecule has 7 heteroatoms. The Morgan fingerprint density at radius 3 is 2.67 bits per heavy atom. The minimum Gasteiger partial charge on any atom is -0.481 e. The standard InChI is InChI=1S/C17H16BrN5O/c1-10-9-15(24-2)22-17(20-10)23-16(19)21-14-8-7-13(18)11-5-3-4-6-12(11)14/h3-9H,1-2H3,(H3,19,20,21,22,23). The Hall–Kier alpha value is -2.67. The van der Waals surface area contributed by atoms with Crippen LogP contribution in [0.4, 0.5) is 11.6 Å². The summed E-state index contributed by atoms with van der Waals surface area (Å²) >= 11 is 3.55. The minimum absolute atomic E-state index is 0.204. The van der Waals surface area contributed by atoms with E-state index in [2.05, 4.69) is 36.2 Å². The fourth-order valence-electron chi connectivity index (χ4n) is 2.32. The second kappa shape index (κ2) is 6.84. The van der Waals surface area contributed by atoms with Crippen molar-refractivity contribution in [1.29, 1.82) is 0 Å². The van der Waals surface area contributed by atoms with Gasteiger partial charge in [0, 0.05) is 27.3 Å². The number of ether oxygens (including phenoxy) is 1. The number of hydrogen-bond donors (Lipinski definition) is 2. The molecule has 2 aromatic carbocycles. The number of nitrogens with zero attached hydrogens (tertiary/aromatic N) is 3. The van der Waals surface area contributed by atoms with Crippen LogP contribution in [0.1, 0.15) is 5.69 Å². The normalized spacial score (nSPS) is 11.5. The summed E-state index contributed by atoms with van der Waals surface area (Å²) in [6.45, 7) is 1.84. The molecule has 6 nitrogen and oxygen atoms in total. The van der Waals surface area contributed by atoms with Crippen molar-refractivity contribution in [2.24, 2.45) is 10.7 Å². The van der Waals surface area contributed by atoms with Crippen molar-refractivity contribution in [2.75, 3.05) is 12.4 Å². The van der Waals surface area contributed by atoms with E-state index in [0.29, 0.717) is 5.88 Å². The molecule has 0 aliphatic heterocycles. The molecular weight excluding hydrogens is 370 g/mol. The van der Waals surface area contributed by atoms with Crippen LogP contribution in [0.25, 0.3) is 10.8 Å². The number of benzene rings is 2. The Bertz CT molecular complexity index is 926. The maximum absolute atomic E-state index is 6.01. The molecule has 0 aliphatic rings. The number of aromatic nitrogens is 2. The minimum atomic E-state index is 0.204. The van der Waals surface area contributed by atoms with E-state index >= 15 is 0 Å². The van der Waals surface area contributed by atoms with Gasteiger partial charge in [-0.05, 0) is 24.4 Å². The SMILES string of the molecule is COc1cc(C)nc(/N=C(\N)Nc2ccc(Br)c3ccccc23)n1. The van der Waals surface area contributed by atoms with E-state index in [1.807, 2.05) is 43.3 Å². The topological polar surface area (TPSA) is 85.4 Å². The Morgan fingerprint density at radius 2 is 1.92 bits per heavy atom. The van der Waals surface area contributed by atoms with Crippen molar-refractivity contribution in [3.05, 3.63) is 52.6 Å². The van der Waals surface area contributed by atoms with Gasteiger partial charge in [0.2, 0.25) is 11.8 Å². The molecule has 122 valence electrons. The number of aliphatic imine (C=N–C) groups is 1. The summed E-state index contributed by atoms with van der Waals surface area (Å²) in [5.74, 6) is 0.900. The van der Waals surface area contributed by atoms with Crippen LogP contribution in [0.15, 0.2) is 51.9 Å². The van der Waals surface area contributed by atoms with Gasteiger partial charge in [-0.25, -0.2) is 4.98 Å². The molecule has 0 amide bonds. The highest BCUT2D eigenvalue weighted by Crippen LogP contribution is 2.29. The van der Waals surface area contributed by atoms with Gasteiger partial charge in [-0.15, -0.1) is 0 Å². The highest BCUT2D eigenvalue weighted by atomic mass is 79.9. The van der Waals surface area contributed by atoms with E-state index in [1.165, 1.54) is 0 Å². The monoisotopic (exact) mass is 385 g/mol. The lowest BCUT2D eigenvalue weighted by molar-refractivity contribution is 0.397. The van der Waals surface area contributed by atoms with Crippen molar-refractivity contribution >= 4 is 44.3 Å². The molecule has 3 rings (SSSR count). The van der Waals surface area contributed by atoms with Crippen molar-refractivity contribution in [1.82, 2.24) is 9.97 Å². The summed E-state index contributed by atoms with van der Waals surface area (Å²) < 4.78 is 6.14. The first-order valence-electron chi connectivity index (χ1n) is 7.25. The summed E-state index contributed by atoms with van der Waals surface area (Å²) in [6.07, 6.45) is 0. The quantitative estimate of drug-likeness (QED) is 0.529. The predicted octanol–water partition coefficient (Wildman–Crippen LogP) is 3.77. The van der Waals surface area contributed by atoms with Gasteiger partial charge in [0.1, 0.15) is 0 Å². The third-order valence-electron chi connectivity index (χ3n) is 3.38. The van der Waals surface area contributed by atoms with E-state index in [-0.39, 0.29) is 11.9 Å². The van der Waals surface area contributed by atoms with Crippen LogP contribution in [-0.2, 0) is 0 Å². The van der Waals surface area contributed by atoms with E-state index in [9.17, 15) is 0 Å². The fourth-order valence-corrected chi connectivity index (χ4v) is 2.80. The maximum Gasteiger partial charge on any atom is 0.256 e. The Morgan fingerprint density at radius 1 is 1.17 bits per heavy atom. The molecule has 3 aromatic rings. The lowest BCUT2D eigenvalue weighted by Gasteiger charge is -2.10. The first-order valence-corrected chi connectivity index (χ1v) is 8.04. The highest BCUT2D eigenvalue weighted by Gasteiger charge is 2.06. The van der Waals surface area contributed by atoms with Crippen LogP contribution in [-0.4, -0.2) is 23.0 Å². The predicted molar refractivity (Wildman–Crippen MR) is 99.9 cm³/mol. The number of nitrogens with two attached hydrogens (primary N) is 1. The van der Waals surface area contributed by atoms with Crippen molar-refractivity contribution in [2.45, 2.75) is 6.92 Å². The van der Waals surface area contributed by atoms with Crippen LogP contribution < -0.4 is 15.8 Å². The van der Waals surface area contributed by atoms with Crippen LogP contribution >= 0.6 is 15.9 Å². The number of hydrogen-bond acceptors (Lipinski definition) is 4. The van der Waals surface area contributed by atoms with Crippen molar-refractivity contribution in [3.8, 4) is 5.88 Å². The van der Waals surface area contributed by atoms with Gasteiger partial charge >= 0.3 is 0 Å². The van der Waals surface area contributed by atoms with E-state index in [1.54, 1.807) is 13.2 Å². The van der Waals surface area contributed by atoms with Gasteiger partial charge in [0.05, 0.1) is 7.11 Å². The summed E-state index contributed by atoms with van der Waals surface area (Å²) in [4.78, 5) is 12.6. The number of fused-ring (bicyclic) bond motifs is 1. The Balaban J connectivity index is 1.94. The number of halogens is 1. The zero-order valence-electron chi connectivity index (χ0n) is 13.2. The molecule has 0 aliphatic carbocycles. The molecule has 0 saturated carbocycles. The molecule has 0 fully saturated rings. The number of methoxy groups -OCH3 is 1. The van der Waals surface area contributed by atoms with Gasteiger partial charge in [0.15, 0.2) is 0 Å². The maximum atomic E-state index is 6.01. The number of aryl methyl sites for hydroxylation is 1. The average Bonchev–Trinajstić information content (AvgIpc) is 2.57. The number of nitrogens with one attached hydrogen (secondary N) is 1. The third-order valence-corrected chi connectivity index (χ3v) is 4.07. The summed E-state index contributed by atoms with van der Waals surface area (Å²) in [6, 6.07) is 13.6. The molecule has 0 spiro atoms. The van der Waals surface area contributed by atoms with Crippen molar-refractivity contribution < 1.29 is 4.74 Å². The largest absolute Gasteiger partial charge is 0.481 e. The number of rotatable bonds is 3. The van der Waals surface area contributed by atoms with Crippen molar-refractivity contribution in [3.63, 3.8) is 0 Å². The second-order valence-electron chi connectivity index (χ2n) is 5.11. The van der Waals surface area contributed by atoms with Crippen LogP contribution in [0.3, 0.4) is 0 Å². The van der Waals surface area contributed by atoms with E-state index in [4.69, 9.17) is 10.5 Å². The molecular formula is C17H16BrN5O. The molecule has 0 bridgehead atoms. The lowest BCUT2D eigenvalue weighted by Crippen LogP contribution is -2.22. The van der Waals surface area contributed by atoms with Crippen LogP contribution in [0, 0.1) is 6.92 Å². The Kier molecular flexibility index (Phi) is 4.61. The molecule has 1 heterocycles. The summed E-state index contributed by atoms with van der Waals surface area (Å²) in [5, 5.41) is 5.23. The van der Waals surface area contributed by atoms with Gasteiger partial charge in [-0.3, -0.25) is 0 Å². The number of guanidine groups is 1. The van der Waals surface area contributed by atoms with Gasteiger partial charge in [0.25, 0.3) is 5.95 Å². The van der Waals surface area contributed by atoms with Gasteiger partial charge in [-0.1, -0.05) is 40.2 Å². The third kappa shape index (κ3) is 3.46. The molecule has 0 atom stereocenters. The highest BCUT2D eigenvalue weighted by molar-refractivity contribution is 9.10. The molecule has 0 unspecified atom stereocenters. The molecule has 0 radical (unpaired) electrons. The Labute approximate surface area is 147 Å². The van der Waals surface area contributed by atoms with E-state index in [0.717, 1.165) is 26.6 Å². The van der Waals surface area contributed by atoms with Crippen LogP contribution in [0.2, 0.25) is 0 Å². The van der Waals surface area contributed by atoms with Gasteiger partial charge in [-0.2, -0.15) is 9.98 Å². The number of anilines is 1. The molecule has 0 saturated heterocycles.